The van der Waals surface area contributed by atoms with Gasteiger partial charge in [-0.25, -0.2) is 9.59 Å². The first-order valence-electron chi connectivity index (χ1n) is 7.12. The van der Waals surface area contributed by atoms with Crippen LogP contribution in [-0.2, 0) is 9.59 Å². The van der Waals surface area contributed by atoms with Crippen molar-refractivity contribution in [3.63, 3.8) is 0 Å². The number of hydrogen-bond acceptors (Lipinski definition) is 7. The Morgan fingerprint density at radius 2 is 1.88 bits per heavy atom. The zero-order chi connectivity index (χ0) is 18.1. The maximum absolute atomic E-state index is 9.77. The molecule has 0 aromatic carbocycles. The summed E-state index contributed by atoms with van der Waals surface area (Å²) in [5, 5.41) is 34.6. The number of thiophene rings is 1. The zero-order valence-corrected chi connectivity index (χ0v) is 13.9. The first-order valence-corrected chi connectivity index (χ1v) is 7.99. The van der Waals surface area contributed by atoms with Crippen molar-refractivity contribution in [2.75, 3.05) is 20.1 Å². The van der Waals surface area contributed by atoms with E-state index in [4.69, 9.17) is 20.4 Å². The molecule has 1 aromatic heterocycles. The number of carboxylic acids is 2. The van der Waals surface area contributed by atoms with Gasteiger partial charge in [0.25, 0.3) is 0 Å². The fraction of sp³-hybridized carbons (Fsp3) is 0.400. The molecule has 4 N–H and O–H groups in total. The lowest BCUT2D eigenvalue weighted by atomic mass is 10.2. The molecule has 1 aromatic rings. The summed E-state index contributed by atoms with van der Waals surface area (Å²) in [5.41, 5.74) is 0. The zero-order valence-electron chi connectivity index (χ0n) is 13.1. The molecule has 0 radical (unpaired) electrons. The SMILES string of the molecule is CN1CCCN=C1/C=C/c1cccs1.O=C(O)C(O)[C@@H](O)C(=O)O. The summed E-state index contributed by atoms with van der Waals surface area (Å²) in [5.74, 6) is -2.44. The molecule has 0 amide bonds. The molecule has 2 rings (SSSR count). The highest BCUT2D eigenvalue weighted by molar-refractivity contribution is 7.10. The number of aliphatic imine (C=N–C) groups is 1. The molecule has 0 saturated carbocycles. The summed E-state index contributed by atoms with van der Waals surface area (Å²) < 4.78 is 0. The van der Waals surface area contributed by atoms with E-state index >= 15 is 0 Å². The van der Waals surface area contributed by atoms with Gasteiger partial charge >= 0.3 is 11.9 Å². The lowest BCUT2D eigenvalue weighted by molar-refractivity contribution is -0.165. The van der Waals surface area contributed by atoms with Gasteiger partial charge in [0.05, 0.1) is 0 Å². The minimum absolute atomic E-state index is 0.967. The molecule has 24 heavy (non-hydrogen) atoms. The van der Waals surface area contributed by atoms with E-state index in [0.29, 0.717) is 0 Å². The van der Waals surface area contributed by atoms with Gasteiger partial charge in [0.2, 0.25) is 0 Å². The molecule has 1 aliphatic heterocycles. The van der Waals surface area contributed by atoms with E-state index in [1.165, 1.54) is 11.3 Å². The van der Waals surface area contributed by atoms with Gasteiger partial charge in [0.15, 0.2) is 12.2 Å². The smallest absolute Gasteiger partial charge is 0.335 e. The van der Waals surface area contributed by atoms with Crippen molar-refractivity contribution in [1.29, 1.82) is 0 Å². The van der Waals surface area contributed by atoms with Crippen molar-refractivity contribution in [2.45, 2.75) is 18.6 Å². The van der Waals surface area contributed by atoms with E-state index in [2.05, 4.69) is 46.6 Å². The minimum Gasteiger partial charge on any atom is -0.479 e. The second-order valence-corrected chi connectivity index (χ2v) is 5.91. The first-order chi connectivity index (χ1) is 11.3. The van der Waals surface area contributed by atoms with Crippen LogP contribution in [-0.4, -0.2) is 75.4 Å². The quantitative estimate of drug-likeness (QED) is 0.599. The molecular formula is C15H20N2O6S. The van der Waals surface area contributed by atoms with Crippen molar-refractivity contribution in [3.8, 4) is 0 Å². The van der Waals surface area contributed by atoms with Crippen LogP contribution in [0.1, 0.15) is 11.3 Å². The normalized spacial score (nSPS) is 16.8. The third-order valence-corrected chi connectivity index (χ3v) is 3.90. The van der Waals surface area contributed by atoms with Crippen molar-refractivity contribution in [1.82, 2.24) is 4.90 Å². The summed E-state index contributed by atoms with van der Waals surface area (Å²) in [6.07, 6.45) is 0.874. The van der Waals surface area contributed by atoms with Gasteiger partial charge in [-0.1, -0.05) is 6.07 Å². The number of likely N-dealkylation sites (N-methyl/N-ethyl adjacent to an activating group) is 1. The summed E-state index contributed by atoms with van der Waals surface area (Å²) >= 11 is 1.75. The Balaban J connectivity index is 0.000000257. The van der Waals surface area contributed by atoms with Gasteiger partial charge in [0.1, 0.15) is 5.84 Å². The maximum atomic E-state index is 9.77. The highest BCUT2D eigenvalue weighted by Crippen LogP contribution is 2.11. The molecule has 0 aliphatic carbocycles. The van der Waals surface area contributed by atoms with E-state index in [0.717, 1.165) is 18.9 Å². The summed E-state index contributed by atoms with van der Waals surface area (Å²) in [4.78, 5) is 27.5. The fourth-order valence-corrected chi connectivity index (χ4v) is 2.35. The van der Waals surface area contributed by atoms with E-state index in [1.807, 2.05) is 0 Å². The Hall–Kier alpha value is -2.23. The van der Waals surface area contributed by atoms with E-state index < -0.39 is 24.1 Å². The van der Waals surface area contributed by atoms with Crippen molar-refractivity contribution in [2.24, 2.45) is 4.99 Å². The Labute approximate surface area is 143 Å². The Morgan fingerprint density at radius 3 is 2.33 bits per heavy atom. The second kappa shape index (κ2) is 9.81. The number of aliphatic hydroxyl groups excluding tert-OH is 2. The van der Waals surface area contributed by atoms with E-state index in [9.17, 15) is 9.59 Å². The van der Waals surface area contributed by atoms with E-state index in [1.54, 1.807) is 11.3 Å². The molecule has 2 atom stereocenters. The Kier molecular flexibility index (Phi) is 8.10. The van der Waals surface area contributed by atoms with Gasteiger partial charge in [0, 0.05) is 25.0 Å². The molecule has 1 unspecified atom stereocenters. The Morgan fingerprint density at radius 1 is 1.25 bits per heavy atom. The number of aliphatic carboxylic acids is 2. The van der Waals surface area contributed by atoms with Crippen LogP contribution in [0.15, 0.2) is 28.6 Å². The molecule has 8 nitrogen and oxygen atoms in total. The largest absolute Gasteiger partial charge is 0.479 e. The van der Waals surface area contributed by atoms with Gasteiger partial charge in [-0.2, -0.15) is 0 Å². The maximum Gasteiger partial charge on any atom is 0.335 e. The minimum atomic E-state index is -2.27. The first kappa shape index (κ1) is 19.8. The third-order valence-electron chi connectivity index (χ3n) is 3.06. The standard InChI is InChI=1S/C11H14N2S.C4H6O6/c1-13-8-3-7-12-11(13)6-5-10-4-2-9-14-10;5-1(3(7)8)2(6)4(9)10/h2,4-6,9H,3,7-8H2,1H3;1-2,5-6H,(H,7,8)(H,9,10)/b6-5+;/t;1-,2?/m.1/s1. The van der Waals surface area contributed by atoms with E-state index in [-0.39, 0.29) is 0 Å². The van der Waals surface area contributed by atoms with Crippen LogP contribution in [0.5, 0.6) is 0 Å². The predicted octanol–water partition coefficient (Wildman–Crippen LogP) is 0.373. The number of aliphatic hydroxyl groups is 2. The molecule has 1 aliphatic rings. The monoisotopic (exact) mass is 356 g/mol. The van der Waals surface area contributed by atoms with Crippen LogP contribution in [0.4, 0.5) is 0 Å². The van der Waals surface area contributed by atoms with Gasteiger partial charge in [-0.3, -0.25) is 4.99 Å². The summed E-state index contributed by atoms with van der Waals surface area (Å²) in [6.45, 7) is 2.09. The van der Waals surface area contributed by atoms with Gasteiger partial charge in [-0.05, 0) is 30.0 Å². The number of amidine groups is 1. The van der Waals surface area contributed by atoms with Crippen LogP contribution in [0.2, 0.25) is 0 Å². The average molecular weight is 356 g/mol. The molecule has 0 saturated heterocycles. The fourth-order valence-electron chi connectivity index (χ4n) is 1.73. The third kappa shape index (κ3) is 6.49. The number of nitrogens with zero attached hydrogens (tertiary/aromatic N) is 2. The molecule has 132 valence electrons. The van der Waals surface area contributed by atoms with Crippen molar-refractivity contribution < 1.29 is 30.0 Å². The van der Waals surface area contributed by atoms with Crippen LogP contribution in [0.25, 0.3) is 6.08 Å². The second-order valence-electron chi connectivity index (χ2n) is 4.93. The highest BCUT2D eigenvalue weighted by Gasteiger charge is 2.29. The number of rotatable bonds is 5. The molecule has 9 heteroatoms. The van der Waals surface area contributed by atoms with Crippen LogP contribution >= 0.6 is 11.3 Å². The molecular weight excluding hydrogens is 336 g/mol. The van der Waals surface area contributed by atoms with Gasteiger partial charge < -0.3 is 25.3 Å². The van der Waals surface area contributed by atoms with Crippen LogP contribution in [0.3, 0.4) is 0 Å². The predicted molar refractivity (Wildman–Crippen MR) is 90.2 cm³/mol. The lowest BCUT2D eigenvalue weighted by Crippen LogP contribution is -2.39. The number of carbonyl (C=O) groups is 2. The molecule has 0 fully saturated rings. The summed E-state index contributed by atoms with van der Waals surface area (Å²) in [7, 11) is 2.09. The van der Waals surface area contributed by atoms with Gasteiger partial charge in [-0.15, -0.1) is 11.3 Å². The highest BCUT2D eigenvalue weighted by atomic mass is 32.1. The van der Waals surface area contributed by atoms with Crippen LogP contribution in [0, 0.1) is 0 Å². The average Bonchev–Trinajstić information content (AvgIpc) is 3.06. The summed E-state index contributed by atoms with van der Waals surface area (Å²) in [6, 6.07) is 4.18. The van der Waals surface area contributed by atoms with Crippen molar-refractivity contribution in [3.05, 3.63) is 28.5 Å². The Bertz CT molecular complexity index is 581. The van der Waals surface area contributed by atoms with Crippen LogP contribution < -0.4 is 0 Å². The topological polar surface area (TPSA) is 131 Å². The number of carboxylic acid groups (broad SMARTS) is 2. The molecule has 0 spiro atoms. The van der Waals surface area contributed by atoms with Crippen molar-refractivity contribution >= 4 is 35.2 Å². The molecule has 2 heterocycles. The molecule has 0 bridgehead atoms. The lowest BCUT2D eigenvalue weighted by Gasteiger charge is -2.22. The number of hydrogen-bond donors (Lipinski definition) is 4.